The Morgan fingerprint density at radius 3 is 2.33 bits per heavy atom. The molecule has 0 amide bonds. The molecule has 59 valence electrons. The Balaban J connectivity index is 0.00000121. The molecule has 0 unspecified atom stereocenters. The smallest absolute Gasteiger partial charge is 0 e. The van der Waals surface area contributed by atoms with Crippen LogP contribution >= 0.6 is 0 Å². The summed E-state index contributed by atoms with van der Waals surface area (Å²) in [6.45, 7) is 0. The molecule has 12 heavy (non-hydrogen) atoms. The molecule has 0 heterocycles. The summed E-state index contributed by atoms with van der Waals surface area (Å²) < 4.78 is 0. The Kier molecular flexibility index (Phi) is 5.86. The molecular weight excluding hydrogens is 225 g/mol. The van der Waals surface area contributed by atoms with Crippen molar-refractivity contribution in [2.75, 3.05) is 0 Å². The van der Waals surface area contributed by atoms with Crippen molar-refractivity contribution in [2.45, 2.75) is 0 Å². The van der Waals surface area contributed by atoms with Gasteiger partial charge in [-0.25, -0.2) is 0 Å². The molecule has 1 aromatic carbocycles. The van der Waals surface area contributed by atoms with Gasteiger partial charge in [0.2, 0.25) is 0 Å². The van der Waals surface area contributed by atoms with E-state index in [1.807, 2.05) is 18.2 Å². The van der Waals surface area contributed by atoms with E-state index < -0.39 is 0 Å². The van der Waals surface area contributed by atoms with Crippen LogP contribution in [0.15, 0.2) is 42.6 Å². The molecule has 0 fully saturated rings. The summed E-state index contributed by atoms with van der Waals surface area (Å²) in [6.07, 6.45) is 2.40. The largest absolute Gasteiger partial charge is 0.804 e. The first-order valence-electron chi connectivity index (χ1n) is 3.29. The van der Waals surface area contributed by atoms with E-state index in [4.69, 9.17) is 5.73 Å². The van der Waals surface area contributed by atoms with Gasteiger partial charge in [0.15, 0.2) is 0 Å². The van der Waals surface area contributed by atoms with Crippen molar-refractivity contribution in [3.63, 3.8) is 0 Å². The molecule has 0 aliphatic heterocycles. The van der Waals surface area contributed by atoms with Gasteiger partial charge >= 0.3 is 0 Å². The molecule has 0 aliphatic rings. The molecule has 1 aromatic rings. The SMILES string of the molecule is [N-]=C(/C=C\[NH-])c1ccccc1.[Y]. The van der Waals surface area contributed by atoms with Crippen LogP contribution in [0.4, 0.5) is 0 Å². The van der Waals surface area contributed by atoms with E-state index in [2.05, 4.69) is 0 Å². The van der Waals surface area contributed by atoms with Crippen molar-refractivity contribution < 1.29 is 32.7 Å². The quantitative estimate of drug-likeness (QED) is 0.705. The predicted molar refractivity (Wildman–Crippen MR) is 47.4 cm³/mol. The van der Waals surface area contributed by atoms with Gasteiger partial charge in [-0.1, -0.05) is 30.3 Å². The Labute approximate surface area is 97.2 Å². The molecule has 1 radical (unpaired) electrons. The molecular formula is C9H8N2Y-2. The van der Waals surface area contributed by atoms with Crippen molar-refractivity contribution in [3.8, 4) is 0 Å². The minimum Gasteiger partial charge on any atom is -0.804 e. The van der Waals surface area contributed by atoms with Gasteiger partial charge in [0.05, 0.1) is 0 Å². The van der Waals surface area contributed by atoms with E-state index in [1.165, 1.54) is 6.08 Å². The van der Waals surface area contributed by atoms with Gasteiger partial charge in [0.1, 0.15) is 0 Å². The summed E-state index contributed by atoms with van der Waals surface area (Å²) in [7, 11) is 0. The van der Waals surface area contributed by atoms with E-state index >= 15 is 0 Å². The second-order valence-electron chi connectivity index (χ2n) is 2.08. The number of hydrogen-bond acceptors (Lipinski definition) is 0. The zero-order valence-corrected chi connectivity index (χ0v) is 9.40. The zero-order valence-electron chi connectivity index (χ0n) is 6.57. The van der Waals surface area contributed by atoms with E-state index in [9.17, 15) is 5.41 Å². The minimum atomic E-state index is 0. The summed E-state index contributed by atoms with van der Waals surface area (Å²) in [5.74, 6) is 0. The monoisotopic (exact) mass is 233 g/mol. The molecule has 0 bridgehead atoms. The number of nitrogens with zero attached hydrogens (tertiary/aromatic N) is 1. The molecule has 0 saturated carbocycles. The average Bonchev–Trinajstić information content (AvgIpc) is 2.07. The Bertz CT molecular complexity index is 267. The number of hydrogen-bond donors (Lipinski definition) is 0. The fraction of sp³-hybridized carbons (Fsp3) is 0. The number of nitrogens with one attached hydrogen (secondary N) is 1. The molecule has 3 heteroatoms. The first kappa shape index (κ1) is 11.5. The second-order valence-corrected chi connectivity index (χ2v) is 2.08. The Morgan fingerprint density at radius 1 is 1.25 bits per heavy atom. The van der Waals surface area contributed by atoms with Gasteiger partial charge in [0.25, 0.3) is 0 Å². The summed E-state index contributed by atoms with van der Waals surface area (Å²) in [5, 5.41) is 9.23. The van der Waals surface area contributed by atoms with Crippen LogP contribution in [0.3, 0.4) is 0 Å². The van der Waals surface area contributed by atoms with Crippen LogP contribution in [0.1, 0.15) is 5.56 Å². The fourth-order valence-electron chi connectivity index (χ4n) is 0.784. The van der Waals surface area contributed by atoms with Crippen molar-refractivity contribution in [1.29, 1.82) is 0 Å². The Hall–Kier alpha value is -0.466. The third-order valence-electron chi connectivity index (χ3n) is 1.31. The molecule has 0 aromatic heterocycles. The maximum Gasteiger partial charge on any atom is 0 e. The van der Waals surface area contributed by atoms with Gasteiger partial charge in [-0.3, -0.25) is 0 Å². The minimum absolute atomic E-state index is 0. The molecule has 0 saturated heterocycles. The topological polar surface area (TPSA) is 46.1 Å². The predicted octanol–water partition coefficient (Wildman–Crippen LogP) is 2.61. The molecule has 0 atom stereocenters. The van der Waals surface area contributed by atoms with Crippen molar-refractivity contribution in [1.82, 2.24) is 0 Å². The second kappa shape index (κ2) is 6.09. The normalized spacial score (nSPS) is 9.33. The van der Waals surface area contributed by atoms with Gasteiger partial charge in [-0.05, 0) is 5.56 Å². The van der Waals surface area contributed by atoms with Crippen LogP contribution in [0, 0.1) is 0 Å². The van der Waals surface area contributed by atoms with Gasteiger partial charge in [-0.15, -0.1) is 6.08 Å². The van der Waals surface area contributed by atoms with Crippen LogP contribution in [0.25, 0.3) is 11.1 Å². The standard InChI is InChI=1S/C9H8N2.Y/c10-7-6-9(11)8-4-2-1-3-5-8;/h1-7,10H;/q-2;/b7-6-;. The maximum absolute atomic E-state index is 9.23. The third kappa shape index (κ3) is 3.29. The first-order chi connectivity index (χ1) is 5.34. The van der Waals surface area contributed by atoms with Crippen molar-refractivity contribution in [3.05, 3.63) is 59.3 Å². The first-order valence-corrected chi connectivity index (χ1v) is 3.29. The fourth-order valence-corrected chi connectivity index (χ4v) is 0.784. The van der Waals surface area contributed by atoms with Crippen LogP contribution in [-0.4, -0.2) is 5.71 Å². The van der Waals surface area contributed by atoms with E-state index in [0.29, 0.717) is 0 Å². The van der Waals surface area contributed by atoms with E-state index in [0.717, 1.165) is 11.8 Å². The van der Waals surface area contributed by atoms with Crippen LogP contribution in [0.5, 0.6) is 0 Å². The number of benzene rings is 1. The van der Waals surface area contributed by atoms with Gasteiger partial charge in [-0.2, -0.15) is 11.9 Å². The molecule has 1 N–H and O–H groups in total. The van der Waals surface area contributed by atoms with Gasteiger partial charge in [0, 0.05) is 32.7 Å². The molecule has 0 spiro atoms. The van der Waals surface area contributed by atoms with Crippen molar-refractivity contribution >= 4 is 5.71 Å². The number of allylic oxidation sites excluding steroid dienone is 1. The molecule has 2 nitrogen and oxygen atoms in total. The number of rotatable bonds is 2. The summed E-state index contributed by atoms with van der Waals surface area (Å²) in [6, 6.07) is 9.12. The van der Waals surface area contributed by atoms with Crippen LogP contribution in [0.2, 0.25) is 0 Å². The zero-order chi connectivity index (χ0) is 8.10. The summed E-state index contributed by atoms with van der Waals surface area (Å²) in [4.78, 5) is 0. The van der Waals surface area contributed by atoms with Crippen molar-refractivity contribution in [2.24, 2.45) is 0 Å². The summed E-state index contributed by atoms with van der Waals surface area (Å²) >= 11 is 0. The van der Waals surface area contributed by atoms with E-state index in [-0.39, 0.29) is 38.4 Å². The van der Waals surface area contributed by atoms with E-state index in [1.54, 1.807) is 12.1 Å². The molecule has 1 rings (SSSR count). The summed E-state index contributed by atoms with van der Waals surface area (Å²) in [5.41, 5.74) is 7.58. The third-order valence-corrected chi connectivity index (χ3v) is 1.31. The maximum atomic E-state index is 9.23. The molecule has 0 aliphatic carbocycles. The average molecular weight is 233 g/mol. The van der Waals surface area contributed by atoms with Crippen LogP contribution in [-0.2, 0) is 32.7 Å². The van der Waals surface area contributed by atoms with Gasteiger partial charge < -0.3 is 11.1 Å². The van der Waals surface area contributed by atoms with Crippen LogP contribution < -0.4 is 0 Å². The Morgan fingerprint density at radius 2 is 1.83 bits per heavy atom.